The van der Waals surface area contributed by atoms with E-state index < -0.39 is 27.9 Å². The highest BCUT2D eigenvalue weighted by molar-refractivity contribution is 7.91. The Morgan fingerprint density at radius 3 is 2.69 bits per heavy atom. The average Bonchev–Trinajstić information content (AvgIpc) is 2.94. The van der Waals surface area contributed by atoms with Crippen molar-refractivity contribution in [2.45, 2.75) is 24.9 Å². The van der Waals surface area contributed by atoms with Gasteiger partial charge in [0.25, 0.3) is 0 Å². The number of nitrogens with zero attached hydrogens (tertiary/aromatic N) is 1. The number of hydrogen-bond acceptors (Lipinski definition) is 5. The molecule has 10 heteroatoms. The molecule has 1 atom stereocenters. The van der Waals surface area contributed by atoms with Crippen LogP contribution in [0, 0.1) is 5.82 Å². The molecule has 2 fully saturated rings. The number of anilines is 1. The Morgan fingerprint density at radius 1 is 1.38 bits per heavy atom. The standard InChI is InChI=1S/C16H20FN3O4S2/c17-14-7-11(20-9-12(24-16(20)21)8-19-15(18)25)1-2-13(14)10-3-5-26(22,23)6-4-10/h1-2,7,10,12H,3-6,8-9H2,(H3,18,19,25)/t12-/m0/s1. The minimum Gasteiger partial charge on any atom is -0.442 e. The van der Waals surface area contributed by atoms with Gasteiger partial charge in [-0.3, -0.25) is 4.90 Å². The minimum absolute atomic E-state index is 0.0784. The molecule has 142 valence electrons. The molecule has 0 radical (unpaired) electrons. The van der Waals surface area contributed by atoms with Crippen molar-refractivity contribution in [3.63, 3.8) is 0 Å². The molecule has 3 N–H and O–H groups in total. The molecule has 1 aromatic rings. The maximum atomic E-state index is 14.6. The summed E-state index contributed by atoms with van der Waals surface area (Å²) in [5.41, 5.74) is 6.24. The summed E-state index contributed by atoms with van der Waals surface area (Å²) < 4.78 is 42.9. The lowest BCUT2D eigenvalue weighted by Crippen LogP contribution is -2.37. The van der Waals surface area contributed by atoms with Gasteiger partial charge in [-0.2, -0.15) is 0 Å². The number of nitrogens with one attached hydrogen (secondary N) is 1. The molecule has 26 heavy (non-hydrogen) atoms. The van der Waals surface area contributed by atoms with E-state index in [9.17, 15) is 17.6 Å². The Kier molecular flexibility index (Phi) is 5.33. The summed E-state index contributed by atoms with van der Waals surface area (Å²) in [6, 6.07) is 4.58. The van der Waals surface area contributed by atoms with Gasteiger partial charge in [0, 0.05) is 0 Å². The van der Waals surface area contributed by atoms with E-state index in [1.165, 1.54) is 11.0 Å². The second-order valence-corrected chi connectivity index (χ2v) is 9.24. The van der Waals surface area contributed by atoms with Gasteiger partial charge in [0.05, 0.1) is 30.3 Å². The van der Waals surface area contributed by atoms with Gasteiger partial charge < -0.3 is 15.8 Å². The lowest BCUT2D eigenvalue weighted by atomic mass is 9.93. The van der Waals surface area contributed by atoms with Crippen LogP contribution >= 0.6 is 12.2 Å². The Labute approximate surface area is 156 Å². The van der Waals surface area contributed by atoms with Gasteiger partial charge in [0.15, 0.2) is 5.11 Å². The molecule has 2 aliphatic heterocycles. The van der Waals surface area contributed by atoms with Gasteiger partial charge in [-0.05, 0) is 48.7 Å². The molecule has 0 saturated carbocycles. The fourth-order valence-corrected chi connectivity index (χ4v) is 4.84. The number of cyclic esters (lactones) is 1. The van der Waals surface area contributed by atoms with Crippen LogP contribution in [0.3, 0.4) is 0 Å². The van der Waals surface area contributed by atoms with E-state index in [2.05, 4.69) is 5.32 Å². The van der Waals surface area contributed by atoms with Crippen molar-refractivity contribution in [1.29, 1.82) is 0 Å². The Bertz CT molecular complexity index is 817. The predicted octanol–water partition coefficient (Wildman–Crippen LogP) is 1.28. The van der Waals surface area contributed by atoms with Crippen LogP contribution in [0.1, 0.15) is 24.3 Å². The summed E-state index contributed by atoms with van der Waals surface area (Å²) in [5.74, 6) is -0.408. The molecule has 0 unspecified atom stereocenters. The third kappa shape index (κ3) is 4.24. The Hall–Kier alpha value is -1.94. The van der Waals surface area contributed by atoms with Crippen molar-refractivity contribution >= 4 is 38.9 Å². The van der Waals surface area contributed by atoms with Crippen molar-refractivity contribution < 1.29 is 22.3 Å². The zero-order valence-corrected chi connectivity index (χ0v) is 15.6. The zero-order valence-electron chi connectivity index (χ0n) is 14.0. The molecule has 0 aliphatic carbocycles. The van der Waals surface area contributed by atoms with E-state index >= 15 is 0 Å². The number of amides is 1. The molecule has 2 saturated heterocycles. The van der Waals surface area contributed by atoms with E-state index in [4.69, 9.17) is 22.7 Å². The van der Waals surface area contributed by atoms with Gasteiger partial charge in [-0.15, -0.1) is 0 Å². The highest BCUT2D eigenvalue weighted by atomic mass is 32.2. The number of ether oxygens (including phenoxy) is 1. The third-order valence-electron chi connectivity index (χ3n) is 4.67. The normalized spacial score (nSPS) is 22.9. The third-order valence-corrected chi connectivity index (χ3v) is 6.53. The average molecular weight is 401 g/mol. The second kappa shape index (κ2) is 7.36. The first-order valence-corrected chi connectivity index (χ1v) is 10.5. The van der Waals surface area contributed by atoms with Crippen LogP contribution in [-0.4, -0.2) is 50.3 Å². The number of rotatable bonds is 4. The maximum absolute atomic E-state index is 14.6. The summed E-state index contributed by atoms with van der Waals surface area (Å²) in [4.78, 5) is 13.4. The van der Waals surface area contributed by atoms with Crippen LogP contribution in [0.15, 0.2) is 18.2 Å². The summed E-state index contributed by atoms with van der Waals surface area (Å²) >= 11 is 4.72. The van der Waals surface area contributed by atoms with E-state index in [1.807, 2.05) is 0 Å². The van der Waals surface area contributed by atoms with Gasteiger partial charge in [0.1, 0.15) is 21.8 Å². The minimum atomic E-state index is -3.00. The van der Waals surface area contributed by atoms with Crippen LogP contribution in [0.4, 0.5) is 14.9 Å². The number of hydrogen-bond donors (Lipinski definition) is 2. The van der Waals surface area contributed by atoms with Gasteiger partial charge in [-0.1, -0.05) is 6.07 Å². The SMILES string of the molecule is NC(=S)NC[C@H]1CN(c2ccc(C3CCS(=O)(=O)CC3)c(F)c2)C(=O)O1. The van der Waals surface area contributed by atoms with Crippen LogP contribution in [0.25, 0.3) is 0 Å². The van der Waals surface area contributed by atoms with Crippen molar-refractivity contribution in [1.82, 2.24) is 5.32 Å². The van der Waals surface area contributed by atoms with Crippen LogP contribution in [-0.2, 0) is 14.6 Å². The zero-order chi connectivity index (χ0) is 18.9. The lowest BCUT2D eigenvalue weighted by Gasteiger charge is -2.23. The number of thiocarbonyl (C=S) groups is 1. The first kappa shape index (κ1) is 18.8. The number of benzene rings is 1. The monoisotopic (exact) mass is 401 g/mol. The number of sulfone groups is 1. The summed E-state index contributed by atoms with van der Waals surface area (Å²) in [6.07, 6.45) is -0.167. The Balaban J connectivity index is 1.69. The molecule has 2 aliphatic rings. The quantitative estimate of drug-likeness (QED) is 0.733. The van der Waals surface area contributed by atoms with Crippen LogP contribution in [0.2, 0.25) is 0 Å². The molecule has 0 bridgehead atoms. The molecular weight excluding hydrogens is 381 g/mol. The number of carbonyl (C=O) groups is 1. The maximum Gasteiger partial charge on any atom is 0.414 e. The molecule has 0 spiro atoms. The molecule has 0 aromatic heterocycles. The van der Waals surface area contributed by atoms with Crippen LogP contribution < -0.4 is 16.0 Å². The topological polar surface area (TPSA) is 102 Å². The first-order valence-electron chi connectivity index (χ1n) is 8.26. The van der Waals surface area contributed by atoms with E-state index in [1.54, 1.807) is 12.1 Å². The summed E-state index contributed by atoms with van der Waals surface area (Å²) in [6.45, 7) is 0.545. The van der Waals surface area contributed by atoms with E-state index in [-0.39, 0.29) is 35.6 Å². The smallest absolute Gasteiger partial charge is 0.414 e. The highest BCUT2D eigenvalue weighted by Crippen LogP contribution is 2.33. The molecule has 7 nitrogen and oxygen atoms in total. The second-order valence-electron chi connectivity index (χ2n) is 6.49. The summed E-state index contributed by atoms with van der Waals surface area (Å²) in [7, 11) is -3.00. The van der Waals surface area contributed by atoms with Gasteiger partial charge >= 0.3 is 6.09 Å². The van der Waals surface area contributed by atoms with Crippen molar-refractivity contribution in [3.05, 3.63) is 29.6 Å². The molecule has 1 amide bonds. The van der Waals surface area contributed by atoms with E-state index in [0.29, 0.717) is 24.1 Å². The number of halogens is 1. The van der Waals surface area contributed by atoms with Crippen molar-refractivity contribution in [3.8, 4) is 0 Å². The van der Waals surface area contributed by atoms with Crippen molar-refractivity contribution in [2.75, 3.05) is 29.5 Å². The van der Waals surface area contributed by atoms with E-state index in [0.717, 1.165) is 0 Å². The molecule has 2 heterocycles. The van der Waals surface area contributed by atoms with Gasteiger partial charge in [0.2, 0.25) is 0 Å². The molecular formula is C16H20FN3O4S2. The highest BCUT2D eigenvalue weighted by Gasteiger charge is 2.33. The number of nitrogens with two attached hydrogens (primary N) is 1. The molecule has 1 aromatic carbocycles. The molecule has 3 rings (SSSR count). The van der Waals surface area contributed by atoms with Crippen molar-refractivity contribution in [2.24, 2.45) is 5.73 Å². The summed E-state index contributed by atoms with van der Waals surface area (Å²) in [5, 5.41) is 2.85. The van der Waals surface area contributed by atoms with Crippen LogP contribution in [0.5, 0.6) is 0 Å². The largest absolute Gasteiger partial charge is 0.442 e. The Morgan fingerprint density at radius 2 is 2.08 bits per heavy atom. The number of carbonyl (C=O) groups excluding carboxylic acids is 1. The fraction of sp³-hybridized carbons (Fsp3) is 0.500. The van der Waals surface area contributed by atoms with Gasteiger partial charge in [-0.25, -0.2) is 17.6 Å². The fourth-order valence-electron chi connectivity index (χ4n) is 3.27. The predicted molar refractivity (Wildman–Crippen MR) is 99.4 cm³/mol. The first-order chi connectivity index (χ1) is 12.2. The lowest BCUT2D eigenvalue weighted by molar-refractivity contribution is 0.143.